The number of hydrogen-bond donors (Lipinski definition) is 1. The lowest BCUT2D eigenvalue weighted by atomic mass is 10.2. The molecule has 0 aliphatic rings. The molecule has 0 rings (SSSR count). The van der Waals surface area contributed by atoms with Crippen molar-refractivity contribution in [2.45, 2.75) is 18.8 Å². The van der Waals surface area contributed by atoms with E-state index in [2.05, 4.69) is 4.74 Å². The van der Waals surface area contributed by atoms with E-state index in [0.29, 0.717) is 0 Å². The normalized spacial score (nSPS) is 10.9. The quantitative estimate of drug-likeness (QED) is 0.648. The van der Waals surface area contributed by atoms with E-state index in [1.807, 2.05) is 0 Å². The molecule has 70 valence electrons. The van der Waals surface area contributed by atoms with E-state index in [1.54, 1.807) is 0 Å². The highest BCUT2D eigenvalue weighted by molar-refractivity contribution is 5.78. The summed E-state index contributed by atoms with van der Waals surface area (Å²) in [7, 11) is 0.816. The molecule has 0 heterocycles. The number of esters is 1. The van der Waals surface area contributed by atoms with Crippen LogP contribution < -0.4 is 0 Å². The summed E-state index contributed by atoms with van der Waals surface area (Å²) in [5.41, 5.74) is 0. The number of carboxylic acid groups (broad SMARTS) is 1. The minimum absolute atomic E-state index is 0.762. The van der Waals surface area contributed by atoms with Crippen molar-refractivity contribution in [3.05, 3.63) is 0 Å². The Balaban J connectivity index is 4.03. The first-order chi connectivity index (χ1) is 5.40. The summed E-state index contributed by atoms with van der Waals surface area (Å²) in [6.07, 6.45) is -1.79. The second-order valence-electron chi connectivity index (χ2n) is 2.09. The van der Waals surface area contributed by atoms with Gasteiger partial charge in [0.1, 0.15) is 0 Å². The van der Waals surface area contributed by atoms with Crippen LogP contribution in [0.1, 0.15) is 12.8 Å². The van der Waals surface area contributed by atoms with Crippen molar-refractivity contribution < 1.29 is 28.2 Å². The average molecular weight is 182 g/mol. The van der Waals surface area contributed by atoms with Crippen LogP contribution in [0.25, 0.3) is 0 Å². The first kappa shape index (κ1) is 10.8. The van der Waals surface area contributed by atoms with Gasteiger partial charge in [-0.2, -0.15) is 8.78 Å². The highest BCUT2D eigenvalue weighted by Crippen LogP contribution is 2.21. The van der Waals surface area contributed by atoms with E-state index in [1.165, 1.54) is 0 Å². The van der Waals surface area contributed by atoms with Gasteiger partial charge < -0.3 is 9.84 Å². The topological polar surface area (TPSA) is 63.6 Å². The molecule has 0 aliphatic carbocycles. The fraction of sp³-hybridized carbons (Fsp3) is 0.667. The van der Waals surface area contributed by atoms with Crippen molar-refractivity contribution in [3.8, 4) is 0 Å². The van der Waals surface area contributed by atoms with Gasteiger partial charge in [-0.1, -0.05) is 0 Å². The van der Waals surface area contributed by atoms with Crippen LogP contribution in [-0.4, -0.2) is 30.1 Å². The minimum Gasteiger partial charge on any atom is -0.481 e. The monoisotopic (exact) mass is 182 g/mol. The van der Waals surface area contributed by atoms with Gasteiger partial charge in [0, 0.05) is 6.42 Å². The third-order valence-electron chi connectivity index (χ3n) is 1.14. The summed E-state index contributed by atoms with van der Waals surface area (Å²) in [6.45, 7) is 0. The van der Waals surface area contributed by atoms with Crippen LogP contribution in [0.5, 0.6) is 0 Å². The van der Waals surface area contributed by atoms with E-state index in [0.717, 1.165) is 7.11 Å². The molecule has 0 bridgehead atoms. The van der Waals surface area contributed by atoms with Gasteiger partial charge in [0.2, 0.25) is 0 Å². The summed E-state index contributed by atoms with van der Waals surface area (Å²) in [5.74, 6) is -6.78. The molecule has 0 aliphatic heterocycles. The van der Waals surface area contributed by atoms with Crippen LogP contribution in [0.3, 0.4) is 0 Å². The first-order valence-corrected chi connectivity index (χ1v) is 3.08. The van der Waals surface area contributed by atoms with Crippen molar-refractivity contribution in [3.63, 3.8) is 0 Å². The summed E-state index contributed by atoms with van der Waals surface area (Å²) in [5, 5.41) is 8.05. The molecule has 1 N–H and O–H groups in total. The number of methoxy groups -OCH3 is 1. The minimum atomic E-state index is -3.70. The number of rotatable bonds is 4. The molecule has 0 fully saturated rings. The van der Waals surface area contributed by atoms with Gasteiger partial charge in [-0.3, -0.25) is 4.79 Å². The molecule has 12 heavy (non-hydrogen) atoms. The standard InChI is InChI=1S/C6H8F2O4/c1-12-5(11)6(7,8)3-2-4(9)10/h2-3H2,1H3,(H,9,10). The fourth-order valence-corrected chi connectivity index (χ4v) is 0.515. The van der Waals surface area contributed by atoms with E-state index in [-0.39, 0.29) is 0 Å². The molecule has 0 saturated heterocycles. The number of hydrogen-bond acceptors (Lipinski definition) is 3. The van der Waals surface area contributed by atoms with E-state index in [9.17, 15) is 18.4 Å². The number of carbonyl (C=O) groups excluding carboxylic acids is 1. The Morgan fingerprint density at radius 3 is 2.33 bits per heavy atom. The summed E-state index contributed by atoms with van der Waals surface area (Å²) in [6, 6.07) is 0. The number of aliphatic carboxylic acids is 1. The number of halogens is 2. The molecule has 0 aromatic rings. The van der Waals surface area contributed by atoms with Crippen molar-refractivity contribution in [2.75, 3.05) is 7.11 Å². The number of carbonyl (C=O) groups is 2. The maximum absolute atomic E-state index is 12.4. The Bertz CT molecular complexity index is 190. The van der Waals surface area contributed by atoms with E-state index < -0.39 is 30.7 Å². The third kappa shape index (κ3) is 3.27. The predicted molar refractivity (Wildman–Crippen MR) is 33.8 cm³/mol. The van der Waals surface area contributed by atoms with Crippen LogP contribution in [0.4, 0.5) is 8.78 Å². The van der Waals surface area contributed by atoms with Crippen molar-refractivity contribution in [2.24, 2.45) is 0 Å². The van der Waals surface area contributed by atoms with E-state index in [4.69, 9.17) is 5.11 Å². The van der Waals surface area contributed by atoms with Crippen molar-refractivity contribution >= 4 is 11.9 Å². The molecule has 0 spiro atoms. The maximum atomic E-state index is 12.4. The van der Waals surface area contributed by atoms with Crippen LogP contribution >= 0.6 is 0 Å². The largest absolute Gasteiger partial charge is 0.481 e. The average Bonchev–Trinajstić information content (AvgIpc) is 1.99. The first-order valence-electron chi connectivity index (χ1n) is 3.08. The van der Waals surface area contributed by atoms with Crippen LogP contribution in [-0.2, 0) is 14.3 Å². The molecule has 0 radical (unpaired) electrons. The molecule has 0 saturated carbocycles. The zero-order chi connectivity index (χ0) is 9.78. The fourth-order valence-electron chi connectivity index (χ4n) is 0.515. The van der Waals surface area contributed by atoms with Gasteiger partial charge in [0.05, 0.1) is 13.5 Å². The number of alkyl halides is 2. The molecular formula is C6H8F2O4. The second-order valence-corrected chi connectivity index (χ2v) is 2.09. The highest BCUT2D eigenvalue weighted by Gasteiger charge is 2.40. The Kier molecular flexibility index (Phi) is 3.59. The summed E-state index contributed by atoms with van der Waals surface area (Å²) < 4.78 is 28.6. The number of ether oxygens (including phenoxy) is 1. The smallest absolute Gasteiger partial charge is 0.376 e. The van der Waals surface area contributed by atoms with Gasteiger partial charge in [-0.25, -0.2) is 4.79 Å². The lowest BCUT2D eigenvalue weighted by Gasteiger charge is -2.11. The van der Waals surface area contributed by atoms with Gasteiger partial charge in [0.15, 0.2) is 0 Å². The van der Waals surface area contributed by atoms with Crippen molar-refractivity contribution in [1.29, 1.82) is 0 Å². The Hall–Kier alpha value is -1.20. The molecule has 0 aromatic heterocycles. The Morgan fingerprint density at radius 1 is 1.50 bits per heavy atom. The van der Waals surface area contributed by atoms with Crippen molar-refractivity contribution in [1.82, 2.24) is 0 Å². The molecular weight excluding hydrogens is 174 g/mol. The zero-order valence-electron chi connectivity index (χ0n) is 6.34. The van der Waals surface area contributed by atoms with Gasteiger partial charge >= 0.3 is 17.9 Å². The molecule has 0 atom stereocenters. The summed E-state index contributed by atoms with van der Waals surface area (Å²) >= 11 is 0. The van der Waals surface area contributed by atoms with E-state index >= 15 is 0 Å². The zero-order valence-corrected chi connectivity index (χ0v) is 6.34. The maximum Gasteiger partial charge on any atom is 0.376 e. The Labute approximate surface area is 67.1 Å². The lowest BCUT2D eigenvalue weighted by molar-refractivity contribution is -0.170. The third-order valence-corrected chi connectivity index (χ3v) is 1.14. The molecule has 0 amide bonds. The second kappa shape index (κ2) is 3.99. The highest BCUT2D eigenvalue weighted by atomic mass is 19.3. The molecule has 0 aromatic carbocycles. The van der Waals surface area contributed by atoms with Crippen LogP contribution in [0, 0.1) is 0 Å². The Morgan fingerprint density at radius 2 is 2.00 bits per heavy atom. The van der Waals surface area contributed by atoms with Crippen LogP contribution in [0.2, 0.25) is 0 Å². The molecule has 0 unspecified atom stereocenters. The molecule has 6 heteroatoms. The number of carboxylic acids is 1. The SMILES string of the molecule is COC(=O)C(F)(F)CCC(=O)O. The van der Waals surface area contributed by atoms with Gasteiger partial charge in [-0.05, 0) is 0 Å². The molecule has 4 nitrogen and oxygen atoms in total. The lowest BCUT2D eigenvalue weighted by Crippen LogP contribution is -2.30. The van der Waals surface area contributed by atoms with Gasteiger partial charge in [0.25, 0.3) is 0 Å². The summed E-state index contributed by atoms with van der Waals surface area (Å²) in [4.78, 5) is 20.2. The van der Waals surface area contributed by atoms with Crippen LogP contribution in [0.15, 0.2) is 0 Å². The predicted octanol–water partition coefficient (Wildman–Crippen LogP) is 0.659. The van der Waals surface area contributed by atoms with Gasteiger partial charge in [-0.15, -0.1) is 0 Å².